The molecule has 0 unspecified atom stereocenters. The van der Waals surface area contributed by atoms with Crippen LogP contribution in [0.4, 0.5) is 11.4 Å². The van der Waals surface area contributed by atoms with Gasteiger partial charge >= 0.3 is 0 Å². The first kappa shape index (κ1) is 15.8. The Labute approximate surface area is 149 Å². The largest absolute Gasteiger partial charge is 0.319 e. The van der Waals surface area contributed by atoms with Crippen molar-refractivity contribution in [2.75, 3.05) is 16.8 Å². The number of hydrogen-bond acceptors (Lipinski definition) is 4. The smallest absolute Gasteiger partial charge is 0.265 e. The van der Waals surface area contributed by atoms with E-state index in [0.29, 0.717) is 23.5 Å². The van der Waals surface area contributed by atoms with Crippen molar-refractivity contribution in [3.63, 3.8) is 0 Å². The maximum absolute atomic E-state index is 12.7. The number of aromatic nitrogens is 2. The third kappa shape index (κ3) is 2.70. The molecular weight excluding hydrogens is 336 g/mol. The molecule has 128 valence electrons. The lowest BCUT2D eigenvalue weighted by molar-refractivity contribution is -0.117. The lowest BCUT2D eigenvalue weighted by atomic mass is 10.2. The molecule has 0 bridgehead atoms. The topological polar surface area (TPSA) is 67.2 Å². The summed E-state index contributed by atoms with van der Waals surface area (Å²) < 4.78 is 1.79. The fraction of sp³-hybridized carbons (Fsp3) is 0.278. The minimum Gasteiger partial charge on any atom is -0.319 e. The number of aryl methyl sites for hydroxylation is 2. The van der Waals surface area contributed by atoms with Crippen molar-refractivity contribution in [3.8, 4) is 0 Å². The number of nitrogens with one attached hydrogen (secondary N) is 1. The molecule has 0 saturated carbocycles. The second-order valence-corrected chi connectivity index (χ2v) is 7.19. The molecule has 6 nitrogen and oxygen atoms in total. The van der Waals surface area contributed by atoms with E-state index in [1.54, 1.807) is 9.58 Å². The Bertz CT molecular complexity index is 954. The highest BCUT2D eigenvalue weighted by molar-refractivity contribution is 7.20. The van der Waals surface area contributed by atoms with Crippen LogP contribution in [0.1, 0.15) is 28.2 Å². The Kier molecular flexibility index (Phi) is 3.80. The second-order valence-electron chi connectivity index (χ2n) is 6.16. The van der Waals surface area contributed by atoms with Gasteiger partial charge in [0, 0.05) is 25.4 Å². The number of carbonyl (C=O) groups is 2. The predicted molar refractivity (Wildman–Crippen MR) is 99.3 cm³/mol. The third-order valence-electron chi connectivity index (χ3n) is 4.44. The number of rotatable bonds is 3. The van der Waals surface area contributed by atoms with Gasteiger partial charge in [0.05, 0.1) is 21.9 Å². The number of fused-ring (bicyclic) bond motifs is 1. The zero-order chi connectivity index (χ0) is 17.6. The Balaban J connectivity index is 1.64. The van der Waals surface area contributed by atoms with Gasteiger partial charge in [-0.3, -0.25) is 14.3 Å². The fourth-order valence-corrected chi connectivity index (χ4v) is 4.24. The zero-order valence-electron chi connectivity index (χ0n) is 14.1. The third-order valence-corrected chi connectivity index (χ3v) is 5.64. The first-order valence-electron chi connectivity index (χ1n) is 8.18. The maximum Gasteiger partial charge on any atom is 0.265 e. The Morgan fingerprint density at radius 1 is 1.32 bits per heavy atom. The minimum absolute atomic E-state index is 0.102. The summed E-state index contributed by atoms with van der Waals surface area (Å²) in [5, 5.41) is 8.32. The van der Waals surface area contributed by atoms with E-state index in [1.807, 2.05) is 44.3 Å². The van der Waals surface area contributed by atoms with Gasteiger partial charge in [-0.25, -0.2) is 0 Å². The molecule has 1 fully saturated rings. The molecule has 0 atom stereocenters. The molecule has 1 aliphatic rings. The molecule has 3 heterocycles. The molecule has 1 aliphatic heterocycles. The average Bonchev–Trinajstić information content (AvgIpc) is 3.27. The van der Waals surface area contributed by atoms with E-state index in [0.717, 1.165) is 28.0 Å². The van der Waals surface area contributed by atoms with Crippen LogP contribution in [-0.2, 0) is 11.8 Å². The van der Waals surface area contributed by atoms with Crippen molar-refractivity contribution in [2.24, 2.45) is 7.05 Å². The number of thiophene rings is 1. The molecule has 0 spiro atoms. The molecule has 7 heteroatoms. The van der Waals surface area contributed by atoms with Crippen LogP contribution in [0.2, 0.25) is 0 Å². The molecule has 2 aromatic heterocycles. The molecule has 25 heavy (non-hydrogen) atoms. The monoisotopic (exact) mass is 354 g/mol. The van der Waals surface area contributed by atoms with Crippen LogP contribution >= 0.6 is 11.3 Å². The van der Waals surface area contributed by atoms with Gasteiger partial charge in [0.15, 0.2) is 0 Å². The van der Waals surface area contributed by atoms with Crippen LogP contribution in [0, 0.1) is 6.92 Å². The summed E-state index contributed by atoms with van der Waals surface area (Å²) in [6.07, 6.45) is 1.41. The van der Waals surface area contributed by atoms with Gasteiger partial charge in [-0.2, -0.15) is 5.10 Å². The molecule has 0 aliphatic carbocycles. The summed E-state index contributed by atoms with van der Waals surface area (Å²) in [6.45, 7) is 2.63. The van der Waals surface area contributed by atoms with Crippen LogP contribution in [-0.4, -0.2) is 28.1 Å². The molecule has 2 amide bonds. The van der Waals surface area contributed by atoms with Crippen LogP contribution < -0.4 is 10.2 Å². The highest BCUT2D eigenvalue weighted by Crippen LogP contribution is 2.32. The molecule has 4 rings (SSSR count). The summed E-state index contributed by atoms with van der Waals surface area (Å²) >= 11 is 1.42. The summed E-state index contributed by atoms with van der Waals surface area (Å²) in [4.78, 5) is 28.1. The SMILES string of the molecule is Cc1nn(C)c2sc(C(=O)Nc3ccccc3N3CCCC3=O)cc12. The number of amides is 2. The van der Waals surface area contributed by atoms with Crippen molar-refractivity contribution in [1.29, 1.82) is 0 Å². The quantitative estimate of drug-likeness (QED) is 0.784. The van der Waals surface area contributed by atoms with Gasteiger partial charge in [0.1, 0.15) is 4.83 Å². The van der Waals surface area contributed by atoms with Gasteiger partial charge in [-0.15, -0.1) is 11.3 Å². The molecule has 1 N–H and O–H groups in total. The van der Waals surface area contributed by atoms with Crippen molar-refractivity contribution < 1.29 is 9.59 Å². The van der Waals surface area contributed by atoms with Crippen molar-refractivity contribution in [1.82, 2.24) is 9.78 Å². The van der Waals surface area contributed by atoms with Gasteiger partial charge in [-0.05, 0) is 31.5 Å². The Morgan fingerprint density at radius 2 is 2.12 bits per heavy atom. The summed E-state index contributed by atoms with van der Waals surface area (Å²) in [5.41, 5.74) is 2.34. The molecule has 1 aromatic carbocycles. The first-order valence-corrected chi connectivity index (χ1v) is 9.00. The van der Waals surface area contributed by atoms with Crippen molar-refractivity contribution >= 4 is 44.7 Å². The van der Waals surface area contributed by atoms with E-state index in [2.05, 4.69) is 10.4 Å². The standard InChI is InChI=1S/C18H18N4O2S/c1-11-12-10-15(25-18(12)21(2)20-11)17(24)19-13-6-3-4-7-14(13)22-9-5-8-16(22)23/h3-4,6-7,10H,5,8-9H2,1-2H3,(H,19,24). The predicted octanol–water partition coefficient (Wildman–Crippen LogP) is 3.32. The molecule has 3 aromatic rings. The lowest BCUT2D eigenvalue weighted by Gasteiger charge is -2.19. The lowest BCUT2D eigenvalue weighted by Crippen LogP contribution is -2.25. The summed E-state index contributed by atoms with van der Waals surface area (Å²) in [5.74, 6) is -0.0649. The number of nitrogens with zero attached hydrogens (tertiary/aromatic N) is 3. The highest BCUT2D eigenvalue weighted by atomic mass is 32.1. The van der Waals surface area contributed by atoms with Gasteiger partial charge in [0.2, 0.25) is 5.91 Å². The van der Waals surface area contributed by atoms with E-state index in [1.165, 1.54) is 11.3 Å². The van der Waals surface area contributed by atoms with E-state index >= 15 is 0 Å². The van der Waals surface area contributed by atoms with Crippen molar-refractivity contribution in [2.45, 2.75) is 19.8 Å². The van der Waals surface area contributed by atoms with Crippen LogP contribution in [0.15, 0.2) is 30.3 Å². The van der Waals surface area contributed by atoms with E-state index < -0.39 is 0 Å². The number of para-hydroxylation sites is 2. The van der Waals surface area contributed by atoms with Crippen LogP contribution in [0.25, 0.3) is 10.2 Å². The highest BCUT2D eigenvalue weighted by Gasteiger charge is 2.24. The van der Waals surface area contributed by atoms with E-state index in [-0.39, 0.29) is 11.8 Å². The van der Waals surface area contributed by atoms with Gasteiger partial charge < -0.3 is 10.2 Å². The summed E-state index contributed by atoms with van der Waals surface area (Å²) in [6, 6.07) is 9.32. The van der Waals surface area contributed by atoms with Gasteiger partial charge in [0.25, 0.3) is 5.91 Å². The zero-order valence-corrected chi connectivity index (χ0v) is 14.9. The Morgan fingerprint density at radius 3 is 2.84 bits per heavy atom. The van der Waals surface area contributed by atoms with E-state index in [9.17, 15) is 9.59 Å². The number of hydrogen-bond donors (Lipinski definition) is 1. The maximum atomic E-state index is 12.7. The van der Waals surface area contributed by atoms with Crippen molar-refractivity contribution in [3.05, 3.63) is 40.9 Å². The normalized spacial score (nSPS) is 14.5. The van der Waals surface area contributed by atoms with E-state index in [4.69, 9.17) is 0 Å². The molecular formula is C18H18N4O2S. The number of benzene rings is 1. The average molecular weight is 354 g/mol. The summed E-state index contributed by atoms with van der Waals surface area (Å²) in [7, 11) is 1.88. The Hall–Kier alpha value is -2.67. The van der Waals surface area contributed by atoms with Gasteiger partial charge in [-0.1, -0.05) is 12.1 Å². The number of carbonyl (C=O) groups excluding carboxylic acids is 2. The fourth-order valence-electron chi connectivity index (χ4n) is 3.22. The second kappa shape index (κ2) is 6.00. The molecule has 1 saturated heterocycles. The first-order chi connectivity index (χ1) is 12.0. The molecule has 0 radical (unpaired) electrons. The van der Waals surface area contributed by atoms with Crippen LogP contribution in [0.5, 0.6) is 0 Å². The number of anilines is 2. The minimum atomic E-state index is -0.167. The van der Waals surface area contributed by atoms with Crippen LogP contribution in [0.3, 0.4) is 0 Å².